The van der Waals surface area contributed by atoms with Gasteiger partial charge < -0.3 is 14.2 Å². The summed E-state index contributed by atoms with van der Waals surface area (Å²) in [4.78, 5) is 9.78. The summed E-state index contributed by atoms with van der Waals surface area (Å²) in [5.74, 6) is 2.41. The van der Waals surface area contributed by atoms with Crippen LogP contribution in [0.2, 0.25) is 0 Å². The van der Waals surface area contributed by atoms with Crippen LogP contribution in [-0.4, -0.2) is 36.7 Å². The average Bonchev–Trinajstić information content (AvgIpc) is 3.20. The van der Waals surface area contributed by atoms with Crippen LogP contribution in [0.1, 0.15) is 32.6 Å². The van der Waals surface area contributed by atoms with E-state index >= 15 is 0 Å². The highest BCUT2D eigenvalue weighted by Crippen LogP contribution is 2.41. The number of thiazole rings is 1. The summed E-state index contributed by atoms with van der Waals surface area (Å²) in [5.41, 5.74) is 3.82. The molecule has 1 unspecified atom stereocenters. The van der Waals surface area contributed by atoms with Gasteiger partial charge in [0.05, 0.1) is 38.9 Å². The number of hydrogen-bond acceptors (Lipinski definition) is 7. The molecule has 0 saturated heterocycles. The van der Waals surface area contributed by atoms with Gasteiger partial charge in [-0.3, -0.25) is 4.98 Å². The van der Waals surface area contributed by atoms with Crippen LogP contribution in [0.15, 0.2) is 52.1 Å². The predicted molar refractivity (Wildman–Crippen MR) is 127 cm³/mol. The molecule has 32 heavy (non-hydrogen) atoms. The number of benzene rings is 1. The smallest absolute Gasteiger partial charge is 0.211 e. The highest BCUT2D eigenvalue weighted by atomic mass is 32.1. The Morgan fingerprint density at radius 2 is 1.91 bits per heavy atom. The summed E-state index contributed by atoms with van der Waals surface area (Å²) in [5, 5.41) is 7.13. The van der Waals surface area contributed by atoms with Gasteiger partial charge in [-0.05, 0) is 55.9 Å². The maximum Gasteiger partial charge on any atom is 0.211 e. The molecule has 1 aromatic carbocycles. The van der Waals surface area contributed by atoms with Crippen molar-refractivity contribution in [2.45, 2.75) is 32.6 Å². The molecule has 0 radical (unpaired) electrons. The summed E-state index contributed by atoms with van der Waals surface area (Å²) >= 11 is 1.54. The minimum Gasteiger partial charge on any atom is -0.493 e. The number of ether oxygens (including phenoxy) is 3. The van der Waals surface area contributed by atoms with Crippen molar-refractivity contribution in [3.05, 3.63) is 46.8 Å². The molecule has 2 heterocycles. The minimum atomic E-state index is 0.563. The van der Waals surface area contributed by atoms with E-state index < -0.39 is 0 Å². The Morgan fingerprint density at radius 1 is 1.12 bits per heavy atom. The first-order chi connectivity index (χ1) is 15.6. The number of methoxy groups -OCH3 is 3. The zero-order valence-electron chi connectivity index (χ0n) is 18.9. The molecule has 1 saturated carbocycles. The fraction of sp³-hybridized carbons (Fsp3) is 0.375. The van der Waals surface area contributed by atoms with E-state index in [1.54, 1.807) is 45.1 Å². The molecule has 7 nitrogen and oxygen atoms in total. The van der Waals surface area contributed by atoms with Gasteiger partial charge >= 0.3 is 0 Å². The topological polar surface area (TPSA) is 70.2 Å². The fourth-order valence-electron chi connectivity index (χ4n) is 3.92. The lowest BCUT2D eigenvalue weighted by Gasteiger charge is -2.19. The van der Waals surface area contributed by atoms with Gasteiger partial charge in [0.25, 0.3) is 0 Å². The van der Waals surface area contributed by atoms with Crippen molar-refractivity contribution in [1.82, 2.24) is 9.66 Å². The van der Waals surface area contributed by atoms with E-state index in [0.717, 1.165) is 34.6 Å². The van der Waals surface area contributed by atoms with Crippen LogP contribution in [0.25, 0.3) is 11.3 Å². The van der Waals surface area contributed by atoms with Gasteiger partial charge in [0.1, 0.15) is 0 Å². The molecular weight excluding hydrogens is 424 g/mol. The summed E-state index contributed by atoms with van der Waals surface area (Å²) in [7, 11) is 4.84. The first-order valence-electron chi connectivity index (χ1n) is 10.6. The normalized spacial score (nSPS) is 18.1. The Balaban J connectivity index is 1.90. The second kappa shape index (κ2) is 9.99. The largest absolute Gasteiger partial charge is 0.493 e. The van der Waals surface area contributed by atoms with Crippen LogP contribution in [0.4, 0.5) is 5.69 Å². The van der Waals surface area contributed by atoms with Gasteiger partial charge in [-0.2, -0.15) is 5.10 Å². The highest BCUT2D eigenvalue weighted by Gasteiger charge is 2.19. The molecule has 0 aliphatic heterocycles. The fourth-order valence-corrected chi connectivity index (χ4v) is 4.77. The molecule has 1 atom stereocenters. The van der Waals surface area contributed by atoms with E-state index in [1.807, 2.05) is 28.9 Å². The molecule has 0 amide bonds. The van der Waals surface area contributed by atoms with Crippen LogP contribution >= 0.6 is 11.3 Å². The summed E-state index contributed by atoms with van der Waals surface area (Å²) in [6.07, 6.45) is 7.92. The van der Waals surface area contributed by atoms with Crippen LogP contribution < -0.4 is 19.0 Å². The first kappa shape index (κ1) is 22.1. The van der Waals surface area contributed by atoms with Crippen molar-refractivity contribution in [2.24, 2.45) is 16.0 Å². The first-order valence-corrected chi connectivity index (χ1v) is 11.5. The SMILES string of the molecule is COc1cc(-c2csc(=Nc3cccnc3)n2N=C2CCCC(C)C2)cc(OC)c1OC. The van der Waals surface area contributed by atoms with E-state index in [-0.39, 0.29) is 0 Å². The van der Waals surface area contributed by atoms with Crippen molar-refractivity contribution in [3.63, 3.8) is 0 Å². The molecule has 3 aromatic rings. The van der Waals surface area contributed by atoms with Crippen molar-refractivity contribution in [2.75, 3.05) is 21.3 Å². The van der Waals surface area contributed by atoms with Crippen molar-refractivity contribution in [1.29, 1.82) is 0 Å². The van der Waals surface area contributed by atoms with Crippen LogP contribution in [0, 0.1) is 5.92 Å². The summed E-state index contributed by atoms with van der Waals surface area (Å²) in [6, 6.07) is 7.70. The molecule has 4 rings (SSSR count). The summed E-state index contributed by atoms with van der Waals surface area (Å²) < 4.78 is 18.6. The highest BCUT2D eigenvalue weighted by molar-refractivity contribution is 7.07. The third-order valence-corrected chi connectivity index (χ3v) is 6.32. The summed E-state index contributed by atoms with van der Waals surface area (Å²) in [6.45, 7) is 2.29. The van der Waals surface area contributed by atoms with Crippen LogP contribution in [0.5, 0.6) is 17.2 Å². The number of nitrogens with zero attached hydrogens (tertiary/aromatic N) is 4. The molecule has 8 heteroatoms. The Hall–Kier alpha value is -3.13. The molecule has 2 aromatic heterocycles. The molecule has 1 fully saturated rings. The Bertz CT molecular complexity index is 1140. The van der Waals surface area contributed by atoms with Crippen molar-refractivity contribution < 1.29 is 14.2 Å². The lowest BCUT2D eigenvalue weighted by molar-refractivity contribution is 0.324. The third-order valence-electron chi connectivity index (χ3n) is 5.50. The average molecular weight is 453 g/mol. The van der Waals surface area contributed by atoms with Gasteiger partial charge in [0, 0.05) is 22.9 Å². The Morgan fingerprint density at radius 3 is 2.53 bits per heavy atom. The van der Waals surface area contributed by atoms with Gasteiger partial charge in [0.2, 0.25) is 10.6 Å². The molecule has 1 aliphatic rings. The van der Waals surface area contributed by atoms with Crippen molar-refractivity contribution >= 4 is 22.7 Å². The maximum atomic E-state index is 5.57. The Labute approximate surface area is 192 Å². The Kier molecular flexibility index (Phi) is 6.90. The minimum absolute atomic E-state index is 0.563. The molecule has 1 aliphatic carbocycles. The van der Waals surface area contributed by atoms with Crippen molar-refractivity contribution in [3.8, 4) is 28.5 Å². The van der Waals surface area contributed by atoms with E-state index in [1.165, 1.54) is 18.6 Å². The third kappa shape index (κ3) is 4.70. The lowest BCUT2D eigenvalue weighted by Crippen LogP contribution is -2.18. The lowest BCUT2D eigenvalue weighted by atomic mass is 9.89. The van der Waals surface area contributed by atoms with E-state index in [4.69, 9.17) is 24.3 Å². The standard InChI is InChI=1S/C24H28N4O3S/c1-16-7-5-8-18(11-16)27-28-20(15-32-24(28)26-19-9-6-10-25-14-19)17-12-21(29-2)23(31-4)22(13-17)30-3/h6,9-10,12-16H,5,7-8,11H2,1-4H3. The number of aromatic nitrogens is 2. The van der Waals surface area contributed by atoms with E-state index in [0.29, 0.717) is 23.2 Å². The number of rotatable bonds is 6. The zero-order valence-corrected chi connectivity index (χ0v) is 19.7. The van der Waals surface area contributed by atoms with Gasteiger partial charge in [-0.15, -0.1) is 11.3 Å². The zero-order chi connectivity index (χ0) is 22.5. The molecular formula is C24H28N4O3S. The number of hydrogen-bond donors (Lipinski definition) is 0. The van der Waals surface area contributed by atoms with E-state index in [9.17, 15) is 0 Å². The molecule has 168 valence electrons. The van der Waals surface area contributed by atoms with Crippen LogP contribution in [0.3, 0.4) is 0 Å². The number of pyridine rings is 1. The second-order valence-electron chi connectivity index (χ2n) is 7.82. The van der Waals surface area contributed by atoms with Gasteiger partial charge in [0.15, 0.2) is 11.5 Å². The van der Waals surface area contributed by atoms with Gasteiger partial charge in [-0.25, -0.2) is 9.67 Å². The predicted octanol–water partition coefficient (Wildman–Crippen LogP) is 5.28. The molecule has 0 spiro atoms. The molecule has 0 N–H and O–H groups in total. The maximum absolute atomic E-state index is 5.57. The van der Waals surface area contributed by atoms with Gasteiger partial charge in [-0.1, -0.05) is 6.92 Å². The van der Waals surface area contributed by atoms with E-state index in [2.05, 4.69) is 17.3 Å². The van der Waals surface area contributed by atoms with Crippen LogP contribution in [-0.2, 0) is 0 Å². The quantitative estimate of drug-likeness (QED) is 0.510. The molecule has 0 bridgehead atoms. The monoisotopic (exact) mass is 452 g/mol. The second-order valence-corrected chi connectivity index (χ2v) is 8.66.